The first-order valence-corrected chi connectivity index (χ1v) is 8.34. The zero-order valence-corrected chi connectivity index (χ0v) is 11.9. The molecular formula is C16H30N2. The van der Waals surface area contributed by atoms with Gasteiger partial charge in [0, 0.05) is 25.2 Å². The third-order valence-corrected chi connectivity index (χ3v) is 5.59. The Hall–Kier alpha value is -0.0800. The SMILES string of the molecule is C1CCC(CCN2CCNC3(CCCC3)C2)CC1. The van der Waals surface area contributed by atoms with Crippen LogP contribution in [0.4, 0.5) is 0 Å². The molecule has 0 aromatic carbocycles. The summed E-state index contributed by atoms with van der Waals surface area (Å²) in [7, 11) is 0. The third-order valence-electron chi connectivity index (χ3n) is 5.59. The van der Waals surface area contributed by atoms with Gasteiger partial charge in [-0.15, -0.1) is 0 Å². The largest absolute Gasteiger partial charge is 0.309 e. The van der Waals surface area contributed by atoms with Crippen molar-refractivity contribution in [2.24, 2.45) is 5.92 Å². The summed E-state index contributed by atoms with van der Waals surface area (Å²) >= 11 is 0. The van der Waals surface area contributed by atoms with Crippen molar-refractivity contribution in [3.63, 3.8) is 0 Å². The zero-order valence-electron chi connectivity index (χ0n) is 11.9. The van der Waals surface area contributed by atoms with Crippen LogP contribution in [-0.4, -0.2) is 36.6 Å². The molecule has 0 aromatic rings. The lowest BCUT2D eigenvalue weighted by Gasteiger charge is -2.42. The first kappa shape index (κ1) is 12.9. The van der Waals surface area contributed by atoms with Crippen LogP contribution in [-0.2, 0) is 0 Å². The summed E-state index contributed by atoms with van der Waals surface area (Å²) in [5.41, 5.74) is 0.519. The molecule has 3 fully saturated rings. The van der Waals surface area contributed by atoms with E-state index in [2.05, 4.69) is 10.2 Å². The average Bonchev–Trinajstić information content (AvgIpc) is 2.86. The Balaban J connectivity index is 1.44. The highest BCUT2D eigenvalue weighted by atomic mass is 15.2. The molecular weight excluding hydrogens is 220 g/mol. The molecule has 0 unspecified atom stereocenters. The van der Waals surface area contributed by atoms with Crippen LogP contribution in [0.3, 0.4) is 0 Å². The van der Waals surface area contributed by atoms with E-state index in [4.69, 9.17) is 0 Å². The second kappa shape index (κ2) is 5.92. The van der Waals surface area contributed by atoms with Gasteiger partial charge >= 0.3 is 0 Å². The third kappa shape index (κ3) is 3.08. The second-order valence-corrected chi connectivity index (χ2v) is 6.98. The van der Waals surface area contributed by atoms with Crippen LogP contribution in [0.15, 0.2) is 0 Å². The molecule has 1 spiro atoms. The summed E-state index contributed by atoms with van der Waals surface area (Å²) in [4.78, 5) is 2.76. The highest BCUT2D eigenvalue weighted by molar-refractivity contribution is 4.98. The second-order valence-electron chi connectivity index (χ2n) is 6.98. The van der Waals surface area contributed by atoms with Crippen LogP contribution < -0.4 is 5.32 Å². The van der Waals surface area contributed by atoms with Gasteiger partial charge < -0.3 is 10.2 Å². The van der Waals surface area contributed by atoms with Crippen LogP contribution >= 0.6 is 0 Å². The Morgan fingerprint density at radius 2 is 1.78 bits per heavy atom. The molecule has 0 radical (unpaired) electrons. The lowest BCUT2D eigenvalue weighted by atomic mass is 9.86. The minimum atomic E-state index is 0.519. The van der Waals surface area contributed by atoms with Crippen LogP contribution in [0.5, 0.6) is 0 Å². The topological polar surface area (TPSA) is 15.3 Å². The molecule has 104 valence electrons. The van der Waals surface area contributed by atoms with Crippen LogP contribution in [0.2, 0.25) is 0 Å². The molecule has 2 heteroatoms. The maximum absolute atomic E-state index is 3.82. The van der Waals surface area contributed by atoms with Crippen LogP contribution in [0.25, 0.3) is 0 Å². The van der Waals surface area contributed by atoms with Gasteiger partial charge in [-0.1, -0.05) is 44.9 Å². The van der Waals surface area contributed by atoms with Gasteiger partial charge in [0.25, 0.3) is 0 Å². The molecule has 0 amide bonds. The minimum absolute atomic E-state index is 0.519. The van der Waals surface area contributed by atoms with Gasteiger partial charge in [-0.2, -0.15) is 0 Å². The number of nitrogens with zero attached hydrogens (tertiary/aromatic N) is 1. The molecule has 3 aliphatic rings. The molecule has 18 heavy (non-hydrogen) atoms. The molecule has 1 N–H and O–H groups in total. The number of hydrogen-bond donors (Lipinski definition) is 1. The standard InChI is InChI=1S/C16H30N2/c1-2-6-15(7-3-1)8-12-18-13-11-17-16(14-18)9-4-5-10-16/h15,17H,1-14H2. The Labute approximate surface area is 113 Å². The van der Waals surface area contributed by atoms with Gasteiger partial charge in [0.2, 0.25) is 0 Å². The van der Waals surface area contributed by atoms with Gasteiger partial charge in [-0.05, 0) is 31.7 Å². The van der Waals surface area contributed by atoms with Crippen molar-refractivity contribution in [3.8, 4) is 0 Å². The summed E-state index contributed by atoms with van der Waals surface area (Å²) < 4.78 is 0. The summed E-state index contributed by atoms with van der Waals surface area (Å²) in [5, 5.41) is 3.82. The van der Waals surface area contributed by atoms with E-state index in [1.54, 1.807) is 0 Å². The first-order chi connectivity index (χ1) is 8.86. The molecule has 1 saturated heterocycles. The Kier molecular flexibility index (Phi) is 4.25. The van der Waals surface area contributed by atoms with E-state index in [1.807, 2.05) is 0 Å². The van der Waals surface area contributed by atoms with E-state index < -0.39 is 0 Å². The lowest BCUT2D eigenvalue weighted by Crippen LogP contribution is -2.59. The van der Waals surface area contributed by atoms with E-state index in [0.29, 0.717) is 5.54 Å². The number of piperazine rings is 1. The molecule has 3 rings (SSSR count). The lowest BCUT2D eigenvalue weighted by molar-refractivity contribution is 0.124. The normalized spacial score (nSPS) is 30.0. The van der Waals surface area contributed by atoms with E-state index >= 15 is 0 Å². The predicted octanol–water partition coefficient (Wildman–Crippen LogP) is 3.17. The summed E-state index contributed by atoms with van der Waals surface area (Å²) in [6, 6.07) is 0. The molecule has 0 atom stereocenters. The van der Waals surface area contributed by atoms with Crippen molar-refractivity contribution in [3.05, 3.63) is 0 Å². The summed E-state index contributed by atoms with van der Waals surface area (Å²) in [6.45, 7) is 5.22. The zero-order chi connectivity index (χ0) is 12.3. The molecule has 1 heterocycles. The van der Waals surface area contributed by atoms with E-state index in [1.165, 1.54) is 90.4 Å². The molecule has 1 aliphatic heterocycles. The molecule has 2 aliphatic carbocycles. The van der Waals surface area contributed by atoms with Gasteiger partial charge in [-0.25, -0.2) is 0 Å². The highest BCUT2D eigenvalue weighted by Gasteiger charge is 2.37. The van der Waals surface area contributed by atoms with E-state index in [9.17, 15) is 0 Å². The van der Waals surface area contributed by atoms with E-state index in [0.717, 1.165) is 5.92 Å². The van der Waals surface area contributed by atoms with Crippen molar-refractivity contribution < 1.29 is 0 Å². The smallest absolute Gasteiger partial charge is 0.0309 e. The van der Waals surface area contributed by atoms with Crippen molar-refractivity contribution in [1.29, 1.82) is 0 Å². The first-order valence-electron chi connectivity index (χ1n) is 8.34. The number of hydrogen-bond acceptors (Lipinski definition) is 2. The quantitative estimate of drug-likeness (QED) is 0.827. The van der Waals surface area contributed by atoms with Gasteiger partial charge in [0.1, 0.15) is 0 Å². The van der Waals surface area contributed by atoms with E-state index in [-0.39, 0.29) is 0 Å². The highest BCUT2D eigenvalue weighted by Crippen LogP contribution is 2.32. The predicted molar refractivity (Wildman–Crippen MR) is 76.8 cm³/mol. The van der Waals surface area contributed by atoms with Crippen molar-refractivity contribution in [2.75, 3.05) is 26.2 Å². The number of nitrogens with one attached hydrogen (secondary N) is 1. The summed E-state index contributed by atoms with van der Waals surface area (Å²) in [5.74, 6) is 1.05. The van der Waals surface area contributed by atoms with Crippen LogP contribution in [0, 0.1) is 5.92 Å². The number of rotatable bonds is 3. The molecule has 2 nitrogen and oxygen atoms in total. The van der Waals surface area contributed by atoms with Crippen molar-refractivity contribution in [1.82, 2.24) is 10.2 Å². The Morgan fingerprint density at radius 3 is 2.56 bits per heavy atom. The average molecular weight is 250 g/mol. The minimum Gasteiger partial charge on any atom is -0.309 e. The maximum Gasteiger partial charge on any atom is 0.0309 e. The molecule has 0 aromatic heterocycles. The Morgan fingerprint density at radius 1 is 1.00 bits per heavy atom. The Bertz CT molecular complexity index is 252. The fraction of sp³-hybridized carbons (Fsp3) is 1.00. The molecule has 2 saturated carbocycles. The van der Waals surface area contributed by atoms with Crippen LogP contribution in [0.1, 0.15) is 64.2 Å². The monoisotopic (exact) mass is 250 g/mol. The van der Waals surface area contributed by atoms with Crippen molar-refractivity contribution >= 4 is 0 Å². The van der Waals surface area contributed by atoms with Gasteiger partial charge in [-0.3, -0.25) is 0 Å². The maximum atomic E-state index is 3.82. The van der Waals surface area contributed by atoms with Gasteiger partial charge in [0.05, 0.1) is 0 Å². The fourth-order valence-corrected chi connectivity index (χ4v) is 4.46. The fourth-order valence-electron chi connectivity index (χ4n) is 4.46. The van der Waals surface area contributed by atoms with Crippen molar-refractivity contribution in [2.45, 2.75) is 69.7 Å². The molecule has 0 bridgehead atoms. The summed E-state index contributed by atoms with van der Waals surface area (Å²) in [6.07, 6.45) is 14.7. The van der Waals surface area contributed by atoms with Gasteiger partial charge in [0.15, 0.2) is 0 Å².